The fraction of sp³-hybridized carbons (Fsp3) is 0. The van der Waals surface area contributed by atoms with Gasteiger partial charge in [0.05, 0.1) is 4.90 Å². The van der Waals surface area contributed by atoms with Crippen molar-refractivity contribution in [3.8, 4) is 0 Å². The van der Waals surface area contributed by atoms with E-state index < -0.39 is 22.3 Å². The van der Waals surface area contributed by atoms with E-state index in [2.05, 4.69) is 12.6 Å². The molecule has 53 valence electrons. The molecule has 10 heavy (non-hydrogen) atoms. The number of rotatable bonds is 0. The second kappa shape index (κ2) is 2.46. The summed E-state index contributed by atoms with van der Waals surface area (Å²) in [5.41, 5.74) is 0. The van der Waals surface area contributed by atoms with E-state index >= 15 is 0 Å². The maximum absolute atomic E-state index is 12.3. The first-order valence-corrected chi connectivity index (χ1v) is 2.83. The predicted molar refractivity (Wildman–Crippen MR) is 32.2 cm³/mol. The van der Waals surface area contributed by atoms with E-state index in [4.69, 9.17) is 0 Å². The number of hydrogen-bond acceptors (Lipinski definition) is 0. The standard InChI is InChI=1S/C6H2F3S/c7-3-1-4(8)6(9)5(10)2-3/h1-2H. The van der Waals surface area contributed by atoms with E-state index in [1.54, 1.807) is 0 Å². The summed E-state index contributed by atoms with van der Waals surface area (Å²) in [6.45, 7) is 0. The Morgan fingerprint density at radius 2 is 1.70 bits per heavy atom. The molecule has 0 N–H and O–H groups in total. The quantitative estimate of drug-likeness (QED) is 0.516. The average molecular weight is 163 g/mol. The molecule has 0 saturated heterocycles. The van der Waals surface area contributed by atoms with E-state index in [0.29, 0.717) is 6.07 Å². The fourth-order valence-corrected chi connectivity index (χ4v) is 0.742. The zero-order valence-corrected chi connectivity index (χ0v) is 5.51. The van der Waals surface area contributed by atoms with Crippen LogP contribution in [0.15, 0.2) is 17.0 Å². The highest BCUT2D eigenvalue weighted by molar-refractivity contribution is 7.80. The third kappa shape index (κ3) is 1.21. The number of hydrogen-bond donors (Lipinski definition) is 0. The Balaban J connectivity index is 3.31. The van der Waals surface area contributed by atoms with E-state index in [1.807, 2.05) is 0 Å². The van der Waals surface area contributed by atoms with Crippen LogP contribution < -0.4 is 0 Å². The molecule has 1 aromatic carbocycles. The minimum absolute atomic E-state index is 0.433. The maximum atomic E-state index is 12.3. The van der Waals surface area contributed by atoms with Crippen molar-refractivity contribution < 1.29 is 13.2 Å². The first kappa shape index (κ1) is 7.34. The molecule has 0 aliphatic heterocycles. The van der Waals surface area contributed by atoms with Crippen LogP contribution in [0.3, 0.4) is 0 Å². The van der Waals surface area contributed by atoms with Crippen molar-refractivity contribution in [1.29, 1.82) is 0 Å². The molecule has 0 atom stereocenters. The van der Waals surface area contributed by atoms with Gasteiger partial charge in [-0.25, -0.2) is 13.2 Å². The smallest absolute Gasteiger partial charge is 0.177 e. The van der Waals surface area contributed by atoms with Crippen molar-refractivity contribution >= 4 is 12.6 Å². The topological polar surface area (TPSA) is 0 Å². The van der Waals surface area contributed by atoms with Gasteiger partial charge in [-0.3, -0.25) is 0 Å². The molecule has 4 heteroatoms. The second-order valence-corrected chi connectivity index (χ2v) is 2.14. The zero-order chi connectivity index (χ0) is 7.72. The van der Waals surface area contributed by atoms with Crippen LogP contribution in [-0.2, 0) is 0 Å². The van der Waals surface area contributed by atoms with Gasteiger partial charge in [-0.05, 0) is 6.07 Å². The van der Waals surface area contributed by atoms with Crippen LogP contribution in [0.2, 0.25) is 0 Å². The van der Waals surface area contributed by atoms with E-state index in [1.165, 1.54) is 0 Å². The third-order valence-corrected chi connectivity index (χ3v) is 1.26. The zero-order valence-electron chi connectivity index (χ0n) is 4.70. The van der Waals surface area contributed by atoms with Gasteiger partial charge >= 0.3 is 0 Å². The Bertz CT molecular complexity index is 236. The fourth-order valence-electron chi connectivity index (χ4n) is 0.532. The minimum atomic E-state index is -1.25. The van der Waals surface area contributed by atoms with Gasteiger partial charge in [0.25, 0.3) is 0 Å². The first-order chi connectivity index (χ1) is 4.61. The summed E-state index contributed by atoms with van der Waals surface area (Å²) < 4.78 is 36.6. The van der Waals surface area contributed by atoms with Gasteiger partial charge in [-0.2, -0.15) is 0 Å². The van der Waals surface area contributed by atoms with Crippen LogP contribution >= 0.6 is 12.6 Å². The molecule has 0 nitrogen and oxygen atoms in total. The van der Waals surface area contributed by atoms with Crippen LogP contribution in [0.5, 0.6) is 0 Å². The normalized spacial score (nSPS) is 9.90. The van der Waals surface area contributed by atoms with Crippen LogP contribution in [0.4, 0.5) is 13.2 Å². The molecule has 1 aromatic rings. The molecular weight excluding hydrogens is 161 g/mol. The van der Waals surface area contributed by atoms with Crippen LogP contribution in [0, 0.1) is 17.5 Å². The Hall–Kier alpha value is -0.770. The van der Waals surface area contributed by atoms with Gasteiger partial charge in [-0.15, -0.1) is 0 Å². The highest BCUT2D eigenvalue weighted by atomic mass is 32.1. The Labute approximate surface area is 61.1 Å². The van der Waals surface area contributed by atoms with Gasteiger partial charge in [-0.1, -0.05) is 12.6 Å². The van der Waals surface area contributed by atoms with Crippen molar-refractivity contribution in [3.63, 3.8) is 0 Å². The Morgan fingerprint density at radius 3 is 2.20 bits per heavy atom. The van der Waals surface area contributed by atoms with Crippen LogP contribution in [0.25, 0.3) is 0 Å². The maximum Gasteiger partial charge on any atom is 0.177 e. The summed E-state index contributed by atoms with van der Waals surface area (Å²) in [5.74, 6) is -3.27. The van der Waals surface area contributed by atoms with E-state index in [0.717, 1.165) is 6.07 Å². The van der Waals surface area contributed by atoms with Crippen LogP contribution in [0.1, 0.15) is 0 Å². The van der Waals surface area contributed by atoms with Crippen molar-refractivity contribution in [1.82, 2.24) is 0 Å². The summed E-state index contributed by atoms with van der Waals surface area (Å²) >= 11 is 4.27. The van der Waals surface area contributed by atoms with Crippen molar-refractivity contribution in [2.24, 2.45) is 0 Å². The Morgan fingerprint density at radius 1 is 1.10 bits per heavy atom. The number of benzene rings is 1. The summed E-state index contributed by atoms with van der Waals surface area (Å²) in [4.78, 5) is -0.433. The number of halogens is 3. The summed E-state index contributed by atoms with van der Waals surface area (Å²) in [7, 11) is 0. The molecule has 0 aliphatic rings. The van der Waals surface area contributed by atoms with Gasteiger partial charge in [0, 0.05) is 6.07 Å². The lowest BCUT2D eigenvalue weighted by Gasteiger charge is -1.94. The second-order valence-electron chi connectivity index (χ2n) is 1.70. The van der Waals surface area contributed by atoms with Crippen molar-refractivity contribution in [3.05, 3.63) is 29.6 Å². The summed E-state index contributed by atoms with van der Waals surface area (Å²) in [6.07, 6.45) is 0. The molecule has 0 bridgehead atoms. The Kier molecular flexibility index (Phi) is 1.80. The van der Waals surface area contributed by atoms with E-state index in [9.17, 15) is 13.2 Å². The largest absolute Gasteiger partial charge is 0.207 e. The molecule has 1 radical (unpaired) electrons. The molecule has 0 spiro atoms. The SMILES string of the molecule is Fc1cc(F)c(F)c([S])c1. The van der Waals surface area contributed by atoms with Gasteiger partial charge in [0.2, 0.25) is 0 Å². The molecule has 0 saturated carbocycles. The van der Waals surface area contributed by atoms with Crippen LogP contribution in [-0.4, -0.2) is 0 Å². The minimum Gasteiger partial charge on any atom is -0.207 e. The molecule has 0 unspecified atom stereocenters. The lowest BCUT2D eigenvalue weighted by atomic mass is 10.3. The van der Waals surface area contributed by atoms with Crippen molar-refractivity contribution in [2.45, 2.75) is 4.90 Å². The molecular formula is C6H2F3S. The highest BCUT2D eigenvalue weighted by Crippen LogP contribution is 2.16. The van der Waals surface area contributed by atoms with Crippen molar-refractivity contribution in [2.75, 3.05) is 0 Å². The van der Waals surface area contributed by atoms with Gasteiger partial charge in [0.15, 0.2) is 11.6 Å². The molecule has 0 amide bonds. The predicted octanol–water partition coefficient (Wildman–Crippen LogP) is 2.66. The lowest BCUT2D eigenvalue weighted by Crippen LogP contribution is -1.87. The highest BCUT2D eigenvalue weighted by Gasteiger charge is 2.07. The monoisotopic (exact) mass is 163 g/mol. The average Bonchev–Trinajstić information content (AvgIpc) is 1.82. The first-order valence-electron chi connectivity index (χ1n) is 2.43. The summed E-state index contributed by atoms with van der Waals surface area (Å²) in [5, 5.41) is 0. The van der Waals surface area contributed by atoms with Gasteiger partial charge in [0.1, 0.15) is 5.82 Å². The molecule has 1 rings (SSSR count). The lowest BCUT2D eigenvalue weighted by molar-refractivity contribution is 0.477. The van der Waals surface area contributed by atoms with Gasteiger partial charge < -0.3 is 0 Å². The molecule has 0 aromatic heterocycles. The van der Waals surface area contributed by atoms with E-state index in [-0.39, 0.29) is 0 Å². The molecule has 0 fully saturated rings. The summed E-state index contributed by atoms with van der Waals surface area (Å²) in [6, 6.07) is 1.21. The third-order valence-electron chi connectivity index (χ3n) is 0.960. The molecule has 0 heterocycles. The molecule has 0 aliphatic carbocycles.